The summed E-state index contributed by atoms with van der Waals surface area (Å²) in [6, 6.07) is 35.2. The van der Waals surface area contributed by atoms with Crippen LogP contribution in [0, 0.1) is 0 Å². The third-order valence-electron chi connectivity index (χ3n) is 5.60. The Bertz CT molecular complexity index is 1010. The van der Waals surface area contributed by atoms with Gasteiger partial charge in [-0.3, -0.25) is 0 Å². The molecule has 0 saturated heterocycles. The van der Waals surface area contributed by atoms with Crippen LogP contribution in [0.3, 0.4) is 0 Å². The molecule has 0 aromatic heterocycles. The Balaban J connectivity index is 0.00000171. The van der Waals surface area contributed by atoms with Gasteiger partial charge < -0.3 is 23.0 Å². The fourth-order valence-corrected chi connectivity index (χ4v) is 9.32. The lowest BCUT2D eigenvalue weighted by Gasteiger charge is -2.38. The van der Waals surface area contributed by atoms with Crippen molar-refractivity contribution in [3.05, 3.63) is 97.1 Å². The Morgan fingerprint density at radius 1 is 0.393 bits per heavy atom. The lowest BCUT2D eigenvalue weighted by molar-refractivity contribution is -0.00000497. The maximum Gasteiger partial charge on any atom is 0.153 e. The van der Waals surface area contributed by atoms with Crippen LogP contribution in [0.2, 0.25) is 0 Å². The van der Waals surface area contributed by atoms with Crippen LogP contribution in [-0.2, 0) is 0 Å². The minimum Gasteiger partial charge on any atom is -1.00 e. The zero-order valence-corrected chi connectivity index (χ0v) is 16.7. The van der Waals surface area contributed by atoms with Gasteiger partial charge in [0, 0.05) is 0 Å². The van der Waals surface area contributed by atoms with Crippen molar-refractivity contribution in [1.82, 2.24) is 0 Å². The van der Waals surface area contributed by atoms with Crippen LogP contribution >= 0.6 is 7.26 Å². The van der Waals surface area contributed by atoms with E-state index in [-0.39, 0.29) is 12.4 Å². The molecule has 2 heterocycles. The summed E-state index contributed by atoms with van der Waals surface area (Å²) < 4.78 is 0. The molecule has 4 aromatic carbocycles. The molecule has 4 aromatic rings. The van der Waals surface area contributed by atoms with Gasteiger partial charge in [0.15, 0.2) is 7.26 Å². The number of nitrogens with one attached hydrogen (secondary N) is 2. The van der Waals surface area contributed by atoms with Crippen molar-refractivity contribution in [2.45, 2.75) is 0 Å². The summed E-state index contributed by atoms with van der Waals surface area (Å²) in [6.07, 6.45) is 0. The van der Waals surface area contributed by atoms with Crippen LogP contribution in [0.25, 0.3) is 0 Å². The van der Waals surface area contributed by atoms with Gasteiger partial charge in [0.1, 0.15) is 21.2 Å². The largest absolute Gasteiger partial charge is 1.00 e. The number of hydrogen-bond donors (Lipinski definition) is 2. The van der Waals surface area contributed by atoms with Crippen LogP contribution in [0.4, 0.5) is 22.7 Å². The summed E-state index contributed by atoms with van der Waals surface area (Å²) in [5.74, 6) is 0. The van der Waals surface area contributed by atoms with Crippen molar-refractivity contribution in [3.63, 3.8) is 0 Å². The molecule has 2 nitrogen and oxygen atoms in total. The summed E-state index contributed by atoms with van der Waals surface area (Å²) in [6.45, 7) is 0. The third kappa shape index (κ3) is 2.13. The molecule has 2 aliphatic rings. The Morgan fingerprint density at radius 2 is 0.643 bits per heavy atom. The number of anilines is 4. The molecule has 2 N–H and O–H groups in total. The van der Waals surface area contributed by atoms with Gasteiger partial charge in [-0.15, -0.1) is 0 Å². The van der Waals surface area contributed by atoms with Crippen molar-refractivity contribution < 1.29 is 12.4 Å². The van der Waals surface area contributed by atoms with Crippen LogP contribution in [0.5, 0.6) is 0 Å². The normalized spacial score (nSPS) is 14.3. The van der Waals surface area contributed by atoms with E-state index in [0.717, 1.165) is 0 Å². The molecule has 1 spiro atoms. The van der Waals surface area contributed by atoms with E-state index in [1.54, 1.807) is 0 Å². The first-order chi connectivity index (χ1) is 13.4. The fourth-order valence-electron chi connectivity index (χ4n) is 4.56. The standard InChI is InChI=1S/C24H18N2P.ClH/c1-5-13-21-17(9-1)25-18-10-2-6-14-22(18)27(21)23-15-7-3-11-19(23)26-20-12-4-8-16-24(20)27;/h1-16,25-26H;1H/q+1;/p-1. The first kappa shape index (κ1) is 17.3. The molecular weight excluding hydrogens is 383 g/mol. The Morgan fingerprint density at radius 3 is 0.929 bits per heavy atom. The second-order valence-electron chi connectivity index (χ2n) is 6.99. The predicted molar refractivity (Wildman–Crippen MR) is 118 cm³/mol. The lowest BCUT2D eigenvalue weighted by Crippen LogP contribution is -3.00. The molecule has 0 bridgehead atoms. The summed E-state index contributed by atoms with van der Waals surface area (Å²) >= 11 is 0. The van der Waals surface area contributed by atoms with E-state index >= 15 is 0 Å². The van der Waals surface area contributed by atoms with Gasteiger partial charge in [-0.1, -0.05) is 48.5 Å². The van der Waals surface area contributed by atoms with E-state index in [1.165, 1.54) is 44.0 Å². The van der Waals surface area contributed by atoms with Crippen LogP contribution in [0.1, 0.15) is 0 Å². The molecule has 0 aliphatic carbocycles. The highest BCUT2D eigenvalue weighted by Crippen LogP contribution is 2.63. The number of para-hydroxylation sites is 4. The number of benzene rings is 4. The van der Waals surface area contributed by atoms with Crippen molar-refractivity contribution in [1.29, 1.82) is 0 Å². The Kier molecular flexibility index (Phi) is 3.94. The van der Waals surface area contributed by atoms with Gasteiger partial charge in [-0.05, 0) is 48.5 Å². The number of hydrogen-bond acceptors (Lipinski definition) is 2. The number of fused-ring (bicyclic) bond motifs is 8. The summed E-state index contributed by atoms with van der Waals surface area (Å²) in [4.78, 5) is 0. The molecule has 2 aliphatic heterocycles. The van der Waals surface area contributed by atoms with Gasteiger partial charge in [-0.25, -0.2) is 0 Å². The Hall–Kier alpha value is -2.80. The molecule has 0 radical (unpaired) electrons. The van der Waals surface area contributed by atoms with Gasteiger partial charge in [-0.2, -0.15) is 0 Å². The molecule has 0 unspecified atom stereocenters. The quantitative estimate of drug-likeness (QED) is 0.377. The molecular formula is C24H18ClN2P. The van der Waals surface area contributed by atoms with Gasteiger partial charge in [0.05, 0.1) is 22.7 Å². The smallest absolute Gasteiger partial charge is 0.153 e. The van der Waals surface area contributed by atoms with Crippen LogP contribution in [0.15, 0.2) is 97.1 Å². The van der Waals surface area contributed by atoms with E-state index in [1.807, 2.05) is 0 Å². The first-order valence-corrected chi connectivity index (χ1v) is 11.0. The second-order valence-corrected chi connectivity index (χ2v) is 10.3. The SMILES string of the molecule is [Cl-].c1ccc2c(c1)Nc1ccccc1[P+]21c2ccccc2Nc2ccccc21. The molecule has 136 valence electrons. The van der Waals surface area contributed by atoms with E-state index in [2.05, 4.69) is 108 Å². The van der Waals surface area contributed by atoms with Crippen LogP contribution < -0.4 is 44.3 Å². The highest BCUT2D eigenvalue weighted by molar-refractivity contribution is 8.02. The number of halogens is 1. The first-order valence-electron chi connectivity index (χ1n) is 9.20. The van der Waals surface area contributed by atoms with Crippen molar-refractivity contribution in [2.24, 2.45) is 0 Å². The summed E-state index contributed by atoms with van der Waals surface area (Å²) in [5.41, 5.74) is 4.87. The molecule has 0 atom stereocenters. The van der Waals surface area contributed by atoms with Crippen molar-refractivity contribution in [3.8, 4) is 0 Å². The molecule has 0 amide bonds. The van der Waals surface area contributed by atoms with Gasteiger partial charge >= 0.3 is 0 Å². The summed E-state index contributed by atoms with van der Waals surface area (Å²) in [7, 11) is -1.97. The van der Waals surface area contributed by atoms with Gasteiger partial charge in [0.2, 0.25) is 0 Å². The van der Waals surface area contributed by atoms with Gasteiger partial charge in [0.25, 0.3) is 0 Å². The van der Waals surface area contributed by atoms with Crippen LogP contribution in [-0.4, -0.2) is 0 Å². The van der Waals surface area contributed by atoms with Crippen molar-refractivity contribution >= 4 is 51.2 Å². The molecule has 28 heavy (non-hydrogen) atoms. The predicted octanol–water partition coefficient (Wildman–Crippen LogP) is 1.42. The zero-order valence-electron chi connectivity index (χ0n) is 15.1. The molecule has 0 saturated carbocycles. The van der Waals surface area contributed by atoms with Crippen molar-refractivity contribution in [2.75, 3.05) is 10.6 Å². The average Bonchev–Trinajstić information content (AvgIpc) is 2.73. The Labute approximate surface area is 171 Å². The maximum atomic E-state index is 3.68. The monoisotopic (exact) mass is 400 g/mol. The zero-order chi connectivity index (χ0) is 17.8. The highest BCUT2D eigenvalue weighted by atomic mass is 35.5. The van der Waals surface area contributed by atoms with E-state index in [9.17, 15) is 0 Å². The minimum atomic E-state index is -1.97. The van der Waals surface area contributed by atoms with E-state index in [0.29, 0.717) is 0 Å². The molecule has 6 rings (SSSR count). The third-order valence-corrected chi connectivity index (χ3v) is 10.1. The highest BCUT2D eigenvalue weighted by Gasteiger charge is 2.56. The minimum absolute atomic E-state index is 0. The maximum absolute atomic E-state index is 3.68. The number of rotatable bonds is 0. The van der Waals surface area contributed by atoms with E-state index < -0.39 is 7.26 Å². The second kappa shape index (κ2) is 6.38. The molecule has 0 fully saturated rings. The lowest BCUT2D eigenvalue weighted by atomic mass is 10.2. The summed E-state index contributed by atoms with van der Waals surface area (Å²) in [5, 5.41) is 13.0. The molecule has 4 heteroatoms. The fraction of sp³-hybridized carbons (Fsp3) is 0. The average molecular weight is 401 g/mol. The van der Waals surface area contributed by atoms with E-state index in [4.69, 9.17) is 0 Å². The topological polar surface area (TPSA) is 24.1 Å².